The van der Waals surface area contributed by atoms with E-state index in [0.717, 1.165) is 16.9 Å². The number of hydrogen-bond acceptors (Lipinski definition) is 4. The number of carbonyl (C=O) groups is 1. The summed E-state index contributed by atoms with van der Waals surface area (Å²) in [6, 6.07) is 5.94. The Morgan fingerprint density at radius 1 is 1.25 bits per heavy atom. The minimum atomic E-state index is -3.39. The smallest absolute Gasteiger partial charge is 0.281 e. The molecule has 28 heavy (non-hydrogen) atoms. The number of carbonyl (C=O) groups excluding carboxylic acids is 1. The Balaban J connectivity index is 1.88. The summed E-state index contributed by atoms with van der Waals surface area (Å²) in [5.74, 6) is 0.537. The zero-order chi connectivity index (χ0) is 21.1. The van der Waals surface area contributed by atoms with Crippen LogP contribution < -0.4 is 10.1 Å². The number of benzene rings is 1. The summed E-state index contributed by atoms with van der Waals surface area (Å²) in [4.78, 5) is 12.3. The van der Waals surface area contributed by atoms with Crippen molar-refractivity contribution in [2.75, 3.05) is 33.8 Å². The SMILES string of the molecule is Cc1ccc(OCC(=O)NC2CCN(S(=O)(=O)N(C)C)CC2)c(C(C)(C)C)c1. The van der Waals surface area contributed by atoms with E-state index < -0.39 is 10.2 Å². The maximum Gasteiger partial charge on any atom is 0.281 e. The van der Waals surface area contributed by atoms with Crippen molar-refractivity contribution in [3.05, 3.63) is 29.3 Å². The van der Waals surface area contributed by atoms with Crippen LogP contribution in [0, 0.1) is 6.92 Å². The van der Waals surface area contributed by atoms with Gasteiger partial charge in [0.05, 0.1) is 0 Å². The highest BCUT2D eigenvalue weighted by molar-refractivity contribution is 7.86. The topological polar surface area (TPSA) is 79.0 Å². The standard InChI is InChI=1S/C20H33N3O4S/c1-15-7-8-18(17(13-15)20(2,3)4)27-14-19(24)21-16-9-11-23(12-10-16)28(25,26)22(5)6/h7-8,13,16H,9-12,14H2,1-6H3,(H,21,24). The second kappa shape index (κ2) is 8.80. The van der Waals surface area contributed by atoms with E-state index in [-0.39, 0.29) is 24.0 Å². The summed E-state index contributed by atoms with van der Waals surface area (Å²) in [7, 11) is -0.341. The third-order valence-corrected chi connectivity index (χ3v) is 6.85. The zero-order valence-corrected chi connectivity index (χ0v) is 18.6. The molecule has 1 heterocycles. The van der Waals surface area contributed by atoms with Crippen LogP contribution in [0.25, 0.3) is 0 Å². The van der Waals surface area contributed by atoms with Gasteiger partial charge in [-0.3, -0.25) is 4.79 Å². The zero-order valence-electron chi connectivity index (χ0n) is 17.8. The molecule has 1 aliphatic heterocycles. The van der Waals surface area contributed by atoms with Crippen LogP contribution in [0.4, 0.5) is 0 Å². The van der Waals surface area contributed by atoms with Crippen molar-refractivity contribution in [2.24, 2.45) is 0 Å². The van der Waals surface area contributed by atoms with Gasteiger partial charge in [0.25, 0.3) is 16.1 Å². The van der Waals surface area contributed by atoms with Gasteiger partial charge < -0.3 is 10.1 Å². The van der Waals surface area contributed by atoms with Crippen LogP contribution in [0.15, 0.2) is 18.2 Å². The lowest BCUT2D eigenvalue weighted by atomic mass is 9.85. The highest BCUT2D eigenvalue weighted by Gasteiger charge is 2.30. The van der Waals surface area contributed by atoms with Crippen molar-refractivity contribution in [1.82, 2.24) is 13.9 Å². The molecule has 0 unspecified atom stereocenters. The molecule has 1 aromatic rings. The van der Waals surface area contributed by atoms with E-state index >= 15 is 0 Å². The second-order valence-corrected chi connectivity index (χ2v) is 10.7. The minimum Gasteiger partial charge on any atom is -0.483 e. The van der Waals surface area contributed by atoms with Gasteiger partial charge in [0, 0.05) is 33.2 Å². The Hall–Kier alpha value is -1.64. The lowest BCUT2D eigenvalue weighted by Crippen LogP contribution is -2.50. The highest BCUT2D eigenvalue weighted by atomic mass is 32.2. The van der Waals surface area contributed by atoms with Gasteiger partial charge in [-0.2, -0.15) is 17.0 Å². The number of rotatable bonds is 6. The molecule has 1 aromatic carbocycles. The second-order valence-electron chi connectivity index (χ2n) is 8.57. The molecular weight excluding hydrogens is 378 g/mol. The summed E-state index contributed by atoms with van der Waals surface area (Å²) in [5, 5.41) is 2.96. The van der Waals surface area contributed by atoms with Gasteiger partial charge in [0.2, 0.25) is 0 Å². The lowest BCUT2D eigenvalue weighted by molar-refractivity contribution is -0.124. The highest BCUT2D eigenvalue weighted by Crippen LogP contribution is 2.32. The van der Waals surface area contributed by atoms with Gasteiger partial charge >= 0.3 is 0 Å². The Bertz CT molecular complexity index is 792. The van der Waals surface area contributed by atoms with E-state index in [9.17, 15) is 13.2 Å². The summed E-state index contributed by atoms with van der Waals surface area (Å²) in [5.41, 5.74) is 2.14. The van der Waals surface area contributed by atoms with Crippen molar-refractivity contribution in [2.45, 2.75) is 52.0 Å². The molecule has 7 nitrogen and oxygen atoms in total. The number of hydrogen-bond donors (Lipinski definition) is 1. The monoisotopic (exact) mass is 411 g/mol. The molecule has 0 bridgehead atoms. The Kier molecular flexibility index (Phi) is 7.12. The molecule has 0 atom stereocenters. The van der Waals surface area contributed by atoms with Gasteiger partial charge in [-0.1, -0.05) is 38.5 Å². The fraction of sp³-hybridized carbons (Fsp3) is 0.650. The number of aryl methyl sites for hydroxylation is 1. The van der Waals surface area contributed by atoms with Crippen molar-refractivity contribution >= 4 is 16.1 Å². The van der Waals surface area contributed by atoms with Gasteiger partial charge in [0.15, 0.2) is 6.61 Å². The van der Waals surface area contributed by atoms with Crippen molar-refractivity contribution < 1.29 is 17.9 Å². The molecule has 0 saturated carbocycles. The summed E-state index contributed by atoms with van der Waals surface area (Å²) < 4.78 is 32.8. The fourth-order valence-corrected chi connectivity index (χ4v) is 4.36. The minimum absolute atomic E-state index is 0.0372. The van der Waals surface area contributed by atoms with Crippen LogP contribution >= 0.6 is 0 Å². The number of ether oxygens (including phenoxy) is 1. The molecule has 1 saturated heterocycles. The van der Waals surface area contributed by atoms with Crippen LogP contribution in [-0.2, 0) is 20.4 Å². The molecule has 1 aliphatic rings. The Morgan fingerprint density at radius 2 is 1.86 bits per heavy atom. The third kappa shape index (κ3) is 5.68. The number of nitrogens with zero attached hydrogens (tertiary/aromatic N) is 2. The first-order valence-electron chi connectivity index (χ1n) is 9.62. The van der Waals surface area contributed by atoms with Crippen LogP contribution in [-0.4, -0.2) is 62.8 Å². The Morgan fingerprint density at radius 3 is 2.39 bits per heavy atom. The Labute approximate surface area is 169 Å². The van der Waals surface area contributed by atoms with E-state index in [4.69, 9.17) is 4.74 Å². The van der Waals surface area contributed by atoms with Crippen molar-refractivity contribution in [3.63, 3.8) is 0 Å². The average Bonchev–Trinajstić information content (AvgIpc) is 2.60. The van der Waals surface area contributed by atoms with E-state index in [1.165, 1.54) is 22.7 Å². The molecule has 1 fully saturated rings. The first-order valence-corrected chi connectivity index (χ1v) is 11.0. The normalized spacial score (nSPS) is 17.0. The molecular formula is C20H33N3O4S. The maximum absolute atomic E-state index is 12.3. The molecule has 158 valence electrons. The molecule has 0 radical (unpaired) electrons. The van der Waals surface area contributed by atoms with E-state index in [0.29, 0.717) is 25.9 Å². The summed E-state index contributed by atoms with van der Waals surface area (Å²) >= 11 is 0. The summed E-state index contributed by atoms with van der Waals surface area (Å²) in [6.07, 6.45) is 1.19. The van der Waals surface area contributed by atoms with Crippen LogP contribution in [0.2, 0.25) is 0 Å². The fourth-order valence-electron chi connectivity index (χ4n) is 3.23. The van der Waals surface area contributed by atoms with Crippen molar-refractivity contribution in [3.8, 4) is 5.75 Å². The third-order valence-electron chi connectivity index (χ3n) is 4.91. The van der Waals surface area contributed by atoms with E-state index in [2.05, 4.69) is 32.2 Å². The molecule has 1 N–H and O–H groups in total. The molecule has 2 rings (SSSR count). The maximum atomic E-state index is 12.3. The first-order chi connectivity index (χ1) is 12.9. The lowest BCUT2D eigenvalue weighted by Gasteiger charge is -2.33. The predicted molar refractivity (Wildman–Crippen MR) is 111 cm³/mol. The van der Waals surface area contributed by atoms with Gasteiger partial charge in [0.1, 0.15) is 5.75 Å². The van der Waals surface area contributed by atoms with Crippen molar-refractivity contribution in [1.29, 1.82) is 0 Å². The predicted octanol–water partition coefficient (Wildman–Crippen LogP) is 2.06. The van der Waals surface area contributed by atoms with Gasteiger partial charge in [-0.05, 0) is 36.8 Å². The quantitative estimate of drug-likeness (QED) is 0.777. The number of amides is 1. The van der Waals surface area contributed by atoms with Crippen LogP contribution in [0.3, 0.4) is 0 Å². The summed E-state index contributed by atoms with van der Waals surface area (Å²) in [6.45, 7) is 9.13. The molecule has 1 amide bonds. The van der Waals surface area contributed by atoms with Crippen LogP contribution in [0.5, 0.6) is 5.75 Å². The molecule has 0 aromatic heterocycles. The molecule has 0 spiro atoms. The number of nitrogens with one attached hydrogen (secondary N) is 1. The largest absolute Gasteiger partial charge is 0.483 e. The van der Waals surface area contributed by atoms with E-state index in [1.807, 2.05) is 19.1 Å². The average molecular weight is 412 g/mol. The van der Waals surface area contributed by atoms with E-state index in [1.54, 1.807) is 0 Å². The molecule has 0 aliphatic carbocycles. The van der Waals surface area contributed by atoms with Gasteiger partial charge in [-0.25, -0.2) is 0 Å². The van der Waals surface area contributed by atoms with Gasteiger partial charge in [-0.15, -0.1) is 0 Å². The van der Waals surface area contributed by atoms with Crippen LogP contribution in [0.1, 0.15) is 44.7 Å². The molecule has 8 heteroatoms. The first kappa shape index (κ1) is 22.6. The number of piperidine rings is 1.